The lowest BCUT2D eigenvalue weighted by Crippen LogP contribution is -2.33. The zero-order chi connectivity index (χ0) is 18.5. The van der Waals surface area contributed by atoms with E-state index in [0.717, 1.165) is 23.1 Å². The van der Waals surface area contributed by atoms with Crippen LogP contribution in [-0.2, 0) is 22.5 Å². The van der Waals surface area contributed by atoms with E-state index < -0.39 is 6.10 Å². The van der Waals surface area contributed by atoms with Gasteiger partial charge in [-0.25, -0.2) is 0 Å². The first-order valence-electron chi connectivity index (χ1n) is 8.88. The van der Waals surface area contributed by atoms with Crippen LogP contribution in [0.1, 0.15) is 41.2 Å². The summed E-state index contributed by atoms with van der Waals surface area (Å²) in [6, 6.07) is 14.1. The number of ether oxygens (including phenoxy) is 2. The number of aliphatic hydroxyl groups excluding tert-OH is 2. The Morgan fingerprint density at radius 1 is 1.12 bits per heavy atom. The Bertz CT molecular complexity index is 716. The Morgan fingerprint density at radius 2 is 1.85 bits per heavy atom. The van der Waals surface area contributed by atoms with Crippen molar-refractivity contribution in [2.75, 3.05) is 13.7 Å². The standard InChI is InChI=1S/C21H25ClO4/c1-25-13-15-4-2-14(3-5-15)8-17-9-16(6-7-20(17)22)21-11-18(24)10-19(12-23)26-21/h2-7,9,18-19,21,23-24H,8,10-13H2,1H3/t18-,19-,21?/m0/s1. The molecule has 0 spiro atoms. The van der Waals surface area contributed by atoms with Crippen LogP contribution in [0.25, 0.3) is 0 Å². The predicted octanol–water partition coefficient (Wildman–Crippen LogP) is 3.65. The lowest BCUT2D eigenvalue weighted by molar-refractivity contribution is -0.113. The molecule has 0 amide bonds. The van der Waals surface area contributed by atoms with E-state index in [0.29, 0.717) is 24.5 Å². The maximum atomic E-state index is 10.0. The maximum absolute atomic E-state index is 10.0. The van der Waals surface area contributed by atoms with Crippen LogP contribution < -0.4 is 0 Å². The molecule has 3 rings (SSSR count). The van der Waals surface area contributed by atoms with E-state index in [4.69, 9.17) is 21.1 Å². The van der Waals surface area contributed by atoms with Crippen molar-refractivity contribution in [3.8, 4) is 0 Å². The van der Waals surface area contributed by atoms with Gasteiger partial charge in [-0.05, 0) is 34.7 Å². The number of rotatable bonds is 6. The Hall–Kier alpha value is -1.43. The van der Waals surface area contributed by atoms with Crippen LogP contribution in [0.5, 0.6) is 0 Å². The molecule has 1 heterocycles. The quantitative estimate of drug-likeness (QED) is 0.807. The largest absolute Gasteiger partial charge is 0.394 e. The summed E-state index contributed by atoms with van der Waals surface area (Å²) >= 11 is 6.40. The number of hydrogen-bond donors (Lipinski definition) is 2. The SMILES string of the molecule is COCc1ccc(Cc2cc(C3C[C@@H](O)C[C@@H](CO)O3)ccc2Cl)cc1. The van der Waals surface area contributed by atoms with E-state index >= 15 is 0 Å². The molecule has 1 aliphatic rings. The van der Waals surface area contributed by atoms with Crippen LogP contribution in [0.15, 0.2) is 42.5 Å². The van der Waals surface area contributed by atoms with Gasteiger partial charge < -0.3 is 19.7 Å². The van der Waals surface area contributed by atoms with Gasteiger partial charge in [-0.2, -0.15) is 0 Å². The van der Waals surface area contributed by atoms with Gasteiger partial charge in [-0.3, -0.25) is 0 Å². The first kappa shape index (κ1) is 19.3. The smallest absolute Gasteiger partial charge is 0.0854 e. The highest BCUT2D eigenvalue weighted by molar-refractivity contribution is 6.31. The van der Waals surface area contributed by atoms with Gasteiger partial charge in [0.15, 0.2) is 0 Å². The van der Waals surface area contributed by atoms with Gasteiger partial charge in [0.05, 0.1) is 31.5 Å². The summed E-state index contributed by atoms with van der Waals surface area (Å²) in [5.74, 6) is 0. The van der Waals surface area contributed by atoms with Crippen LogP contribution in [0.4, 0.5) is 0 Å². The molecule has 1 fully saturated rings. The van der Waals surface area contributed by atoms with Crippen LogP contribution in [0.2, 0.25) is 5.02 Å². The first-order valence-corrected chi connectivity index (χ1v) is 9.26. The molecule has 2 N–H and O–H groups in total. The van der Waals surface area contributed by atoms with Gasteiger partial charge in [0.25, 0.3) is 0 Å². The van der Waals surface area contributed by atoms with Crippen molar-refractivity contribution < 1.29 is 19.7 Å². The van der Waals surface area contributed by atoms with E-state index in [1.165, 1.54) is 5.56 Å². The number of methoxy groups -OCH3 is 1. The van der Waals surface area contributed by atoms with Gasteiger partial charge in [0.1, 0.15) is 0 Å². The second-order valence-corrected chi connectivity index (χ2v) is 7.24. The summed E-state index contributed by atoms with van der Waals surface area (Å²) in [5, 5.41) is 20.1. The van der Waals surface area contributed by atoms with E-state index in [1.807, 2.05) is 18.2 Å². The lowest BCUT2D eigenvalue weighted by atomic mass is 9.94. The van der Waals surface area contributed by atoms with Gasteiger partial charge >= 0.3 is 0 Å². The lowest BCUT2D eigenvalue weighted by Gasteiger charge is -2.32. The minimum absolute atomic E-state index is 0.0815. The molecular weight excluding hydrogens is 352 g/mol. The van der Waals surface area contributed by atoms with E-state index in [2.05, 4.69) is 24.3 Å². The molecule has 2 aromatic carbocycles. The molecule has 0 saturated carbocycles. The molecule has 1 unspecified atom stereocenters. The molecule has 26 heavy (non-hydrogen) atoms. The van der Waals surface area contributed by atoms with Crippen molar-refractivity contribution in [3.05, 3.63) is 69.7 Å². The molecule has 1 aliphatic heterocycles. The summed E-state index contributed by atoms with van der Waals surface area (Å²) in [6.45, 7) is 0.520. The Morgan fingerprint density at radius 3 is 2.54 bits per heavy atom. The fourth-order valence-corrected chi connectivity index (χ4v) is 3.58. The van der Waals surface area contributed by atoms with E-state index in [-0.39, 0.29) is 18.8 Å². The Balaban J connectivity index is 1.77. The third kappa shape index (κ3) is 4.84. The molecule has 4 nitrogen and oxygen atoms in total. The van der Waals surface area contributed by atoms with E-state index in [9.17, 15) is 10.2 Å². The number of aliphatic hydroxyl groups is 2. The Kier molecular flexibility index (Phi) is 6.68. The molecule has 3 atom stereocenters. The fraction of sp³-hybridized carbons (Fsp3) is 0.429. The van der Waals surface area contributed by atoms with Crippen molar-refractivity contribution in [2.45, 2.75) is 44.2 Å². The maximum Gasteiger partial charge on any atom is 0.0854 e. The number of halogens is 1. The predicted molar refractivity (Wildman–Crippen MR) is 101 cm³/mol. The molecular formula is C21H25ClO4. The van der Waals surface area contributed by atoms with Crippen LogP contribution >= 0.6 is 11.6 Å². The highest BCUT2D eigenvalue weighted by Crippen LogP contribution is 2.33. The monoisotopic (exact) mass is 376 g/mol. The zero-order valence-corrected chi connectivity index (χ0v) is 15.7. The number of benzene rings is 2. The zero-order valence-electron chi connectivity index (χ0n) is 14.9. The molecule has 2 aromatic rings. The van der Waals surface area contributed by atoms with Crippen molar-refractivity contribution in [1.29, 1.82) is 0 Å². The van der Waals surface area contributed by atoms with E-state index in [1.54, 1.807) is 7.11 Å². The third-order valence-corrected chi connectivity index (χ3v) is 5.12. The summed E-state index contributed by atoms with van der Waals surface area (Å²) in [4.78, 5) is 0. The second-order valence-electron chi connectivity index (χ2n) is 6.83. The van der Waals surface area contributed by atoms with Gasteiger partial charge in [0.2, 0.25) is 0 Å². The molecule has 0 radical (unpaired) electrons. The normalized spacial score (nSPS) is 23.2. The van der Waals surface area contributed by atoms with Crippen LogP contribution in [0.3, 0.4) is 0 Å². The van der Waals surface area contributed by atoms with Crippen molar-refractivity contribution in [1.82, 2.24) is 0 Å². The third-order valence-electron chi connectivity index (χ3n) is 4.75. The summed E-state index contributed by atoms with van der Waals surface area (Å²) < 4.78 is 11.1. The highest BCUT2D eigenvalue weighted by atomic mass is 35.5. The Labute approximate surface area is 159 Å². The highest BCUT2D eigenvalue weighted by Gasteiger charge is 2.29. The fourth-order valence-electron chi connectivity index (χ4n) is 3.39. The average molecular weight is 377 g/mol. The first-order chi connectivity index (χ1) is 12.6. The van der Waals surface area contributed by atoms with Crippen molar-refractivity contribution in [3.63, 3.8) is 0 Å². The molecule has 5 heteroatoms. The average Bonchev–Trinajstić information content (AvgIpc) is 2.64. The minimum atomic E-state index is -0.460. The number of hydrogen-bond acceptors (Lipinski definition) is 4. The minimum Gasteiger partial charge on any atom is -0.394 e. The van der Waals surface area contributed by atoms with Crippen LogP contribution in [-0.4, -0.2) is 36.1 Å². The summed E-state index contributed by atoms with van der Waals surface area (Å²) in [7, 11) is 1.69. The van der Waals surface area contributed by atoms with Crippen molar-refractivity contribution >= 4 is 11.6 Å². The molecule has 0 aromatic heterocycles. The molecule has 0 bridgehead atoms. The topological polar surface area (TPSA) is 58.9 Å². The van der Waals surface area contributed by atoms with Crippen LogP contribution in [0, 0.1) is 0 Å². The van der Waals surface area contributed by atoms with Gasteiger partial charge in [-0.1, -0.05) is 48.0 Å². The molecule has 0 aliphatic carbocycles. The molecule has 140 valence electrons. The summed E-state index contributed by atoms with van der Waals surface area (Å²) in [6.07, 6.45) is 0.717. The second kappa shape index (κ2) is 8.98. The summed E-state index contributed by atoms with van der Waals surface area (Å²) in [5.41, 5.74) is 4.31. The molecule has 1 saturated heterocycles. The van der Waals surface area contributed by atoms with Gasteiger partial charge in [-0.15, -0.1) is 0 Å². The van der Waals surface area contributed by atoms with Crippen molar-refractivity contribution in [2.24, 2.45) is 0 Å². The van der Waals surface area contributed by atoms with Gasteiger partial charge in [0, 0.05) is 25.0 Å².